The van der Waals surface area contributed by atoms with E-state index in [0.717, 1.165) is 12.0 Å². The molecular weight excluding hydrogens is 477 g/mol. The average molecular weight is 526 g/mol. The summed E-state index contributed by atoms with van der Waals surface area (Å²) >= 11 is 0. The first-order valence-electron chi connectivity index (χ1n) is 13.4. The highest BCUT2D eigenvalue weighted by molar-refractivity contribution is 7.48. The fraction of sp³-hybridized carbons (Fsp3) is 0.750. The van der Waals surface area contributed by atoms with Gasteiger partial charge in [-0.05, 0) is 65.5 Å². The number of aryl methyl sites for hydroxylation is 1. The van der Waals surface area contributed by atoms with Crippen molar-refractivity contribution in [1.29, 1.82) is 0 Å². The Hall–Kier alpha value is -1.40. The third kappa shape index (κ3) is 11.8. The summed E-state index contributed by atoms with van der Waals surface area (Å²) in [6.45, 7) is 13.0. The number of phosphoric ester groups is 1. The van der Waals surface area contributed by atoms with Gasteiger partial charge in [0.25, 0.3) is 0 Å². The smallest absolute Gasteiger partial charge is 0.444 e. The second-order valence-electron chi connectivity index (χ2n) is 12.0. The number of alkyl carbamates (subject to hydrolysis) is 1. The topological polar surface area (TPSA) is 83.1 Å². The SMILES string of the molecule is CCCCCCCCCc1ccc(CC2(NC(=O)OC(C)(C)C)COP(=O)(OC(C)(C)C)OC2)cc1. The number of carbonyl (C=O) groups is 1. The number of carbonyl (C=O) groups excluding carboxylic acids is 1. The van der Waals surface area contributed by atoms with Crippen molar-refractivity contribution in [3.63, 3.8) is 0 Å². The molecule has 0 aromatic heterocycles. The normalized spacial score (nSPS) is 22.9. The molecule has 1 saturated heterocycles. The Labute approximate surface area is 218 Å². The lowest BCUT2D eigenvalue weighted by Gasteiger charge is -2.41. The number of benzene rings is 1. The molecule has 1 heterocycles. The summed E-state index contributed by atoms with van der Waals surface area (Å²) in [5.74, 6) is 0. The van der Waals surface area contributed by atoms with Crippen LogP contribution in [-0.2, 0) is 35.7 Å². The summed E-state index contributed by atoms with van der Waals surface area (Å²) in [7, 11) is -3.73. The lowest BCUT2D eigenvalue weighted by Crippen LogP contribution is -2.59. The standard InChI is InChI=1S/C28H48NO6P/c1-8-9-10-11-12-13-14-15-23-16-18-24(19-17-23)20-28(29-25(30)34-26(2,3)4)21-32-36(31,33-22-28)35-27(5,6)7/h16-19H,8-15,20-22H2,1-7H3,(H,29,30). The summed E-state index contributed by atoms with van der Waals surface area (Å²) in [6, 6.07) is 8.45. The number of hydrogen-bond acceptors (Lipinski definition) is 6. The summed E-state index contributed by atoms with van der Waals surface area (Å²) in [5.41, 5.74) is 0.0525. The molecule has 2 rings (SSSR count). The first-order chi connectivity index (χ1) is 16.7. The molecule has 1 aromatic carbocycles. The summed E-state index contributed by atoms with van der Waals surface area (Å²) in [4.78, 5) is 12.7. The Morgan fingerprint density at radius 2 is 1.42 bits per heavy atom. The molecule has 1 fully saturated rings. The van der Waals surface area contributed by atoms with Gasteiger partial charge in [0.15, 0.2) is 0 Å². The van der Waals surface area contributed by atoms with Crippen LogP contribution in [0.15, 0.2) is 24.3 Å². The van der Waals surface area contributed by atoms with E-state index in [1.54, 1.807) is 20.8 Å². The third-order valence-corrected chi connectivity index (χ3v) is 7.45. The molecule has 0 spiro atoms. The van der Waals surface area contributed by atoms with E-state index in [9.17, 15) is 9.36 Å². The van der Waals surface area contributed by atoms with Crippen LogP contribution in [0.5, 0.6) is 0 Å². The van der Waals surface area contributed by atoms with Crippen LogP contribution < -0.4 is 5.32 Å². The van der Waals surface area contributed by atoms with Gasteiger partial charge in [0.1, 0.15) is 5.60 Å². The maximum Gasteiger partial charge on any atom is 0.475 e. The number of hydrogen-bond donors (Lipinski definition) is 1. The van der Waals surface area contributed by atoms with Crippen molar-refractivity contribution >= 4 is 13.9 Å². The number of amides is 1. The molecule has 8 heteroatoms. The number of ether oxygens (including phenoxy) is 1. The van der Waals surface area contributed by atoms with Crippen LogP contribution >= 0.6 is 7.82 Å². The molecule has 1 amide bonds. The average Bonchev–Trinajstić information content (AvgIpc) is 2.74. The van der Waals surface area contributed by atoms with Crippen molar-refractivity contribution in [3.8, 4) is 0 Å². The van der Waals surface area contributed by atoms with Crippen LogP contribution in [0.3, 0.4) is 0 Å². The van der Waals surface area contributed by atoms with E-state index in [-0.39, 0.29) is 13.2 Å². The van der Waals surface area contributed by atoms with Gasteiger partial charge < -0.3 is 10.1 Å². The van der Waals surface area contributed by atoms with Crippen molar-refractivity contribution in [2.24, 2.45) is 0 Å². The van der Waals surface area contributed by atoms with Gasteiger partial charge >= 0.3 is 13.9 Å². The molecule has 0 saturated carbocycles. The van der Waals surface area contributed by atoms with Crippen molar-refractivity contribution in [1.82, 2.24) is 5.32 Å². The first kappa shape index (κ1) is 30.8. The highest BCUT2D eigenvalue weighted by atomic mass is 31.2. The predicted octanol–water partition coefficient (Wildman–Crippen LogP) is 7.76. The second kappa shape index (κ2) is 13.4. The van der Waals surface area contributed by atoms with Gasteiger partial charge in [0.05, 0.1) is 24.4 Å². The molecule has 1 aliphatic rings. The van der Waals surface area contributed by atoms with Gasteiger partial charge in [0.2, 0.25) is 0 Å². The van der Waals surface area contributed by atoms with Crippen molar-refractivity contribution in [2.75, 3.05) is 13.2 Å². The maximum absolute atomic E-state index is 12.9. The zero-order chi connectivity index (χ0) is 26.9. The minimum atomic E-state index is -3.73. The molecule has 0 radical (unpaired) electrons. The van der Waals surface area contributed by atoms with Crippen LogP contribution in [0.4, 0.5) is 4.79 Å². The van der Waals surface area contributed by atoms with Gasteiger partial charge in [-0.15, -0.1) is 0 Å². The Balaban J connectivity index is 2.01. The largest absolute Gasteiger partial charge is 0.475 e. The molecule has 0 bridgehead atoms. The number of unbranched alkanes of at least 4 members (excludes halogenated alkanes) is 6. The maximum atomic E-state index is 12.9. The summed E-state index contributed by atoms with van der Waals surface area (Å²) in [6.07, 6.45) is 9.99. The van der Waals surface area contributed by atoms with Gasteiger partial charge in [0, 0.05) is 6.42 Å². The minimum absolute atomic E-state index is 0.0145. The van der Waals surface area contributed by atoms with E-state index in [4.69, 9.17) is 18.3 Å². The summed E-state index contributed by atoms with van der Waals surface area (Å²) < 4.78 is 35.2. The lowest BCUT2D eigenvalue weighted by molar-refractivity contribution is -0.0253. The van der Waals surface area contributed by atoms with Gasteiger partial charge in [-0.3, -0.25) is 13.6 Å². The van der Waals surface area contributed by atoms with E-state index >= 15 is 0 Å². The Morgan fingerprint density at radius 3 is 1.94 bits per heavy atom. The summed E-state index contributed by atoms with van der Waals surface area (Å²) in [5, 5.41) is 2.93. The fourth-order valence-electron chi connectivity index (χ4n) is 4.11. The van der Waals surface area contributed by atoms with Crippen molar-refractivity contribution in [3.05, 3.63) is 35.4 Å². The molecule has 1 aromatic rings. The van der Waals surface area contributed by atoms with Crippen LogP contribution in [0, 0.1) is 0 Å². The van der Waals surface area contributed by atoms with Crippen LogP contribution in [0.25, 0.3) is 0 Å². The second-order valence-corrected chi connectivity index (χ2v) is 13.6. The van der Waals surface area contributed by atoms with E-state index in [2.05, 4.69) is 36.5 Å². The van der Waals surface area contributed by atoms with Crippen LogP contribution in [0.1, 0.15) is 105 Å². The zero-order valence-electron chi connectivity index (χ0n) is 23.5. The Bertz CT molecular complexity index is 844. The number of nitrogens with one attached hydrogen (secondary N) is 1. The first-order valence-corrected chi connectivity index (χ1v) is 14.9. The molecule has 1 aliphatic heterocycles. The minimum Gasteiger partial charge on any atom is -0.444 e. The molecule has 0 unspecified atom stereocenters. The highest BCUT2D eigenvalue weighted by Crippen LogP contribution is 2.56. The van der Waals surface area contributed by atoms with Gasteiger partial charge in [-0.1, -0.05) is 69.7 Å². The van der Waals surface area contributed by atoms with E-state index in [1.807, 2.05) is 20.8 Å². The predicted molar refractivity (Wildman–Crippen MR) is 144 cm³/mol. The lowest BCUT2D eigenvalue weighted by atomic mass is 9.91. The number of phosphoric acid groups is 1. The van der Waals surface area contributed by atoms with E-state index in [0.29, 0.717) is 6.42 Å². The van der Waals surface area contributed by atoms with Crippen LogP contribution in [-0.4, -0.2) is 36.0 Å². The molecule has 1 N–H and O–H groups in total. The van der Waals surface area contributed by atoms with Gasteiger partial charge in [-0.2, -0.15) is 0 Å². The molecule has 206 valence electrons. The van der Waals surface area contributed by atoms with E-state index in [1.165, 1.54) is 50.5 Å². The number of rotatable bonds is 12. The molecule has 7 nitrogen and oxygen atoms in total. The fourth-order valence-corrected chi connectivity index (χ4v) is 5.77. The van der Waals surface area contributed by atoms with Crippen molar-refractivity contribution in [2.45, 2.75) is 123 Å². The molecule has 0 atom stereocenters. The van der Waals surface area contributed by atoms with Crippen LogP contribution in [0.2, 0.25) is 0 Å². The Morgan fingerprint density at radius 1 is 0.889 bits per heavy atom. The van der Waals surface area contributed by atoms with E-state index < -0.39 is 30.7 Å². The highest BCUT2D eigenvalue weighted by Gasteiger charge is 2.46. The van der Waals surface area contributed by atoms with Gasteiger partial charge in [-0.25, -0.2) is 9.36 Å². The van der Waals surface area contributed by atoms with Crippen molar-refractivity contribution < 1.29 is 27.7 Å². The monoisotopic (exact) mass is 525 g/mol. The molecule has 36 heavy (non-hydrogen) atoms. The third-order valence-electron chi connectivity index (χ3n) is 5.78. The molecule has 0 aliphatic carbocycles. The zero-order valence-corrected chi connectivity index (χ0v) is 24.4. The quantitative estimate of drug-likeness (QED) is 0.222. The Kier molecular flexibility index (Phi) is 11.5. The molecular formula is C28H48NO6P.